The summed E-state index contributed by atoms with van der Waals surface area (Å²) in [6.45, 7) is 10.6. The molecule has 0 aliphatic carbocycles. The van der Waals surface area contributed by atoms with Crippen molar-refractivity contribution in [1.29, 1.82) is 0 Å². The van der Waals surface area contributed by atoms with Gasteiger partial charge in [0.2, 0.25) is 5.95 Å². The van der Waals surface area contributed by atoms with Crippen LogP contribution in [0.1, 0.15) is 44.5 Å². The van der Waals surface area contributed by atoms with Crippen LogP contribution in [-0.4, -0.2) is 28.6 Å². The highest BCUT2D eigenvalue weighted by atomic mass is 15.2. The Hall–Kier alpha value is -1.16. The largest absolute Gasteiger partial charge is 0.348 e. The molecule has 1 saturated heterocycles. The van der Waals surface area contributed by atoms with Crippen molar-refractivity contribution in [1.82, 2.24) is 15.3 Å². The monoisotopic (exact) mass is 234 g/mol. The van der Waals surface area contributed by atoms with Crippen LogP contribution in [0.2, 0.25) is 0 Å². The van der Waals surface area contributed by atoms with Gasteiger partial charge in [0.05, 0.1) is 5.54 Å². The number of rotatable bonds is 3. The molecule has 0 spiro atoms. The van der Waals surface area contributed by atoms with Gasteiger partial charge in [0.25, 0.3) is 0 Å². The van der Waals surface area contributed by atoms with Gasteiger partial charge in [0.1, 0.15) is 0 Å². The minimum Gasteiger partial charge on any atom is -0.348 e. The molecule has 1 aromatic rings. The fourth-order valence-electron chi connectivity index (χ4n) is 2.14. The van der Waals surface area contributed by atoms with Crippen molar-refractivity contribution in [3.63, 3.8) is 0 Å². The smallest absolute Gasteiger partial charge is 0.223 e. The normalized spacial score (nSPS) is 24.3. The van der Waals surface area contributed by atoms with E-state index in [-0.39, 0.29) is 5.54 Å². The molecule has 0 radical (unpaired) electrons. The van der Waals surface area contributed by atoms with E-state index in [1.54, 1.807) is 0 Å². The van der Waals surface area contributed by atoms with Crippen molar-refractivity contribution in [3.05, 3.63) is 17.5 Å². The third-order valence-electron chi connectivity index (χ3n) is 3.25. The lowest BCUT2D eigenvalue weighted by Crippen LogP contribution is -2.37. The highest BCUT2D eigenvalue weighted by Gasteiger charge is 2.29. The molecular formula is C13H22N4. The average molecular weight is 234 g/mol. The van der Waals surface area contributed by atoms with Gasteiger partial charge in [-0.05, 0) is 38.8 Å². The van der Waals surface area contributed by atoms with E-state index in [4.69, 9.17) is 0 Å². The summed E-state index contributed by atoms with van der Waals surface area (Å²) < 4.78 is 0. The molecule has 0 bridgehead atoms. The van der Waals surface area contributed by atoms with Gasteiger partial charge in [-0.25, -0.2) is 9.97 Å². The van der Waals surface area contributed by atoms with Crippen molar-refractivity contribution >= 4 is 5.95 Å². The van der Waals surface area contributed by atoms with E-state index in [1.165, 1.54) is 0 Å². The first-order chi connectivity index (χ1) is 7.98. The zero-order valence-electron chi connectivity index (χ0n) is 11.2. The maximum atomic E-state index is 4.59. The summed E-state index contributed by atoms with van der Waals surface area (Å²) in [6.07, 6.45) is 1.11. The zero-order valence-corrected chi connectivity index (χ0v) is 11.2. The van der Waals surface area contributed by atoms with Gasteiger partial charge in [-0.1, -0.05) is 13.8 Å². The van der Waals surface area contributed by atoms with Crippen molar-refractivity contribution in [3.8, 4) is 0 Å². The summed E-state index contributed by atoms with van der Waals surface area (Å²) >= 11 is 0. The minimum atomic E-state index is 0.0854. The van der Waals surface area contributed by atoms with Crippen LogP contribution in [0.25, 0.3) is 0 Å². The maximum Gasteiger partial charge on any atom is 0.223 e. The SMILES string of the molecule is Cc1cc(C(C)C)nc(NC2(C)CCNC2)n1. The second kappa shape index (κ2) is 4.61. The fraction of sp³-hybridized carbons (Fsp3) is 0.692. The Morgan fingerprint density at radius 2 is 2.18 bits per heavy atom. The van der Waals surface area contributed by atoms with E-state index in [1.807, 2.05) is 6.92 Å². The summed E-state index contributed by atoms with van der Waals surface area (Å²) in [7, 11) is 0. The van der Waals surface area contributed by atoms with Crippen LogP contribution in [0.3, 0.4) is 0 Å². The van der Waals surface area contributed by atoms with Gasteiger partial charge in [0.15, 0.2) is 0 Å². The first kappa shape index (κ1) is 12.3. The Kier molecular flexibility index (Phi) is 3.33. The van der Waals surface area contributed by atoms with Crippen LogP contribution in [0.15, 0.2) is 6.07 Å². The molecular weight excluding hydrogens is 212 g/mol. The third kappa shape index (κ3) is 2.94. The number of hydrogen-bond acceptors (Lipinski definition) is 4. The van der Waals surface area contributed by atoms with E-state index in [0.29, 0.717) is 5.92 Å². The predicted molar refractivity (Wildman–Crippen MR) is 70.4 cm³/mol. The number of aryl methyl sites for hydroxylation is 1. The lowest BCUT2D eigenvalue weighted by Gasteiger charge is -2.25. The number of nitrogens with one attached hydrogen (secondary N) is 2. The molecule has 1 aromatic heterocycles. The van der Waals surface area contributed by atoms with Crippen molar-refractivity contribution in [2.45, 2.75) is 45.6 Å². The molecule has 4 heteroatoms. The highest BCUT2D eigenvalue weighted by molar-refractivity contribution is 5.33. The van der Waals surface area contributed by atoms with Crippen molar-refractivity contribution in [2.24, 2.45) is 0 Å². The molecule has 0 aromatic carbocycles. The van der Waals surface area contributed by atoms with E-state index in [9.17, 15) is 0 Å². The summed E-state index contributed by atoms with van der Waals surface area (Å²) in [5, 5.41) is 6.84. The van der Waals surface area contributed by atoms with Gasteiger partial charge in [-0.2, -0.15) is 0 Å². The molecule has 2 heterocycles. The van der Waals surface area contributed by atoms with E-state index >= 15 is 0 Å². The summed E-state index contributed by atoms with van der Waals surface area (Å²) in [4.78, 5) is 9.07. The summed E-state index contributed by atoms with van der Waals surface area (Å²) in [5.41, 5.74) is 2.22. The molecule has 94 valence electrons. The summed E-state index contributed by atoms with van der Waals surface area (Å²) in [5.74, 6) is 1.20. The Labute approximate surface area is 103 Å². The first-order valence-corrected chi connectivity index (χ1v) is 6.33. The number of nitrogens with zero attached hydrogens (tertiary/aromatic N) is 2. The van der Waals surface area contributed by atoms with E-state index < -0.39 is 0 Å². The fourth-order valence-corrected chi connectivity index (χ4v) is 2.14. The quantitative estimate of drug-likeness (QED) is 0.840. The lowest BCUT2D eigenvalue weighted by atomic mass is 10.0. The highest BCUT2D eigenvalue weighted by Crippen LogP contribution is 2.20. The third-order valence-corrected chi connectivity index (χ3v) is 3.25. The van der Waals surface area contributed by atoms with Crippen LogP contribution in [0.5, 0.6) is 0 Å². The van der Waals surface area contributed by atoms with Crippen LogP contribution in [-0.2, 0) is 0 Å². The molecule has 1 aliphatic heterocycles. The standard InChI is InChI=1S/C13H22N4/c1-9(2)11-7-10(3)15-12(16-11)17-13(4)5-6-14-8-13/h7,9,14H,5-6,8H2,1-4H3,(H,15,16,17). The molecule has 1 aliphatic rings. The van der Waals surface area contributed by atoms with Crippen molar-refractivity contribution in [2.75, 3.05) is 18.4 Å². The zero-order chi connectivity index (χ0) is 12.5. The molecule has 4 nitrogen and oxygen atoms in total. The van der Waals surface area contributed by atoms with Gasteiger partial charge in [-0.15, -0.1) is 0 Å². The van der Waals surface area contributed by atoms with Crippen LogP contribution < -0.4 is 10.6 Å². The molecule has 1 atom stereocenters. The minimum absolute atomic E-state index is 0.0854. The van der Waals surface area contributed by atoms with E-state index in [2.05, 4.69) is 47.4 Å². The number of anilines is 1. The van der Waals surface area contributed by atoms with Crippen LogP contribution in [0, 0.1) is 6.92 Å². The van der Waals surface area contributed by atoms with Gasteiger partial charge >= 0.3 is 0 Å². The molecule has 17 heavy (non-hydrogen) atoms. The Bertz CT molecular complexity index is 394. The average Bonchev–Trinajstić information content (AvgIpc) is 2.63. The Morgan fingerprint density at radius 3 is 2.76 bits per heavy atom. The van der Waals surface area contributed by atoms with Gasteiger partial charge in [-0.3, -0.25) is 0 Å². The molecule has 2 N–H and O–H groups in total. The Morgan fingerprint density at radius 1 is 1.41 bits per heavy atom. The topological polar surface area (TPSA) is 49.8 Å². The van der Waals surface area contributed by atoms with Crippen molar-refractivity contribution < 1.29 is 0 Å². The maximum absolute atomic E-state index is 4.59. The molecule has 1 fully saturated rings. The van der Waals surface area contributed by atoms with E-state index in [0.717, 1.165) is 36.8 Å². The predicted octanol–water partition coefficient (Wildman–Crippen LogP) is 2.07. The molecule has 2 rings (SSSR count). The molecule has 0 saturated carbocycles. The lowest BCUT2D eigenvalue weighted by molar-refractivity contribution is 0.559. The number of hydrogen-bond donors (Lipinski definition) is 2. The summed E-state index contributed by atoms with van der Waals surface area (Å²) in [6, 6.07) is 2.06. The van der Waals surface area contributed by atoms with Gasteiger partial charge in [0, 0.05) is 17.9 Å². The van der Waals surface area contributed by atoms with Crippen LogP contribution in [0.4, 0.5) is 5.95 Å². The second-order valence-electron chi connectivity index (χ2n) is 5.52. The Balaban J connectivity index is 2.20. The number of aromatic nitrogens is 2. The molecule has 0 amide bonds. The molecule has 1 unspecified atom stereocenters. The van der Waals surface area contributed by atoms with Gasteiger partial charge < -0.3 is 10.6 Å². The second-order valence-corrected chi connectivity index (χ2v) is 5.52. The first-order valence-electron chi connectivity index (χ1n) is 6.33. The van der Waals surface area contributed by atoms with Crippen LogP contribution >= 0.6 is 0 Å².